The summed E-state index contributed by atoms with van der Waals surface area (Å²) in [6.07, 6.45) is 1.20. The molecule has 0 aromatic heterocycles. The highest BCUT2D eigenvalue weighted by molar-refractivity contribution is 5.83. The quantitative estimate of drug-likeness (QED) is 0.580. The number of ether oxygens (including phenoxy) is 2. The lowest BCUT2D eigenvalue weighted by molar-refractivity contribution is -0.166. The van der Waals surface area contributed by atoms with E-state index in [0.29, 0.717) is 30.4 Å². The van der Waals surface area contributed by atoms with E-state index in [0.717, 1.165) is 5.56 Å². The van der Waals surface area contributed by atoms with Crippen LogP contribution in [0.15, 0.2) is 23.2 Å². The molecule has 2 aliphatic heterocycles. The van der Waals surface area contributed by atoms with Crippen molar-refractivity contribution in [1.82, 2.24) is 9.80 Å². The second kappa shape index (κ2) is 6.81. The van der Waals surface area contributed by atoms with Crippen molar-refractivity contribution in [2.75, 3.05) is 20.1 Å². The van der Waals surface area contributed by atoms with Gasteiger partial charge in [0, 0.05) is 32.6 Å². The molecule has 1 aromatic rings. The number of likely N-dealkylation sites (N-methyl/N-ethyl adjacent to an activating group) is 1. The maximum Gasteiger partial charge on any atom is 0.303 e. The van der Waals surface area contributed by atoms with Gasteiger partial charge in [0.25, 0.3) is 0 Å². The number of aliphatic imine (C=N–C) groups is 1. The zero-order chi connectivity index (χ0) is 19.8. The van der Waals surface area contributed by atoms with E-state index in [1.54, 1.807) is 18.2 Å². The van der Waals surface area contributed by atoms with E-state index < -0.39 is 23.7 Å². The molecule has 0 radical (unpaired) electrons. The van der Waals surface area contributed by atoms with Crippen molar-refractivity contribution in [2.24, 2.45) is 4.99 Å². The molecule has 1 aromatic carbocycles. The molecule has 1 saturated heterocycles. The average Bonchev–Trinajstić information content (AvgIpc) is 2.96. The topological polar surface area (TPSA) is 102 Å². The van der Waals surface area contributed by atoms with Gasteiger partial charge in [-0.05, 0) is 32.0 Å². The van der Waals surface area contributed by atoms with Crippen LogP contribution in [0.25, 0.3) is 0 Å². The first-order chi connectivity index (χ1) is 12.8. The van der Waals surface area contributed by atoms with Crippen LogP contribution in [-0.4, -0.2) is 53.6 Å². The maximum atomic E-state index is 11.8. The molecule has 0 bridgehead atoms. The Morgan fingerprint density at radius 2 is 2.11 bits per heavy atom. The first-order valence-corrected chi connectivity index (χ1v) is 8.63. The lowest BCUT2D eigenvalue weighted by Gasteiger charge is -2.47. The number of nitrogens with zero attached hydrogens (tertiary/aromatic N) is 5. The lowest BCUT2D eigenvalue weighted by atomic mass is 9.84. The zero-order valence-electron chi connectivity index (χ0n) is 15.8. The summed E-state index contributed by atoms with van der Waals surface area (Å²) >= 11 is 0. The number of esters is 1. The Labute approximate surface area is 158 Å². The van der Waals surface area contributed by atoms with E-state index in [2.05, 4.69) is 11.1 Å². The monoisotopic (exact) mass is 367 g/mol. The molecule has 2 atom stereocenters. The lowest BCUT2D eigenvalue weighted by Crippen LogP contribution is -2.56. The Morgan fingerprint density at radius 3 is 2.74 bits per heavy atom. The fraction of sp³-hybridized carbons (Fsp3) is 0.474. The predicted molar refractivity (Wildman–Crippen MR) is 96.5 cm³/mol. The van der Waals surface area contributed by atoms with Crippen LogP contribution in [0.2, 0.25) is 0 Å². The third kappa shape index (κ3) is 3.26. The van der Waals surface area contributed by atoms with Gasteiger partial charge in [0.05, 0.1) is 11.6 Å². The van der Waals surface area contributed by atoms with Gasteiger partial charge in [0.2, 0.25) is 12.2 Å². The van der Waals surface area contributed by atoms with Gasteiger partial charge >= 0.3 is 5.97 Å². The van der Waals surface area contributed by atoms with Gasteiger partial charge in [-0.25, -0.2) is 0 Å². The maximum absolute atomic E-state index is 11.8. The van der Waals surface area contributed by atoms with E-state index in [4.69, 9.17) is 14.7 Å². The van der Waals surface area contributed by atoms with Crippen LogP contribution in [0.4, 0.5) is 0 Å². The minimum absolute atomic E-state index is 0.423. The normalized spacial score (nSPS) is 24.6. The molecule has 2 aliphatic rings. The summed E-state index contributed by atoms with van der Waals surface area (Å²) in [4.78, 5) is 19.6. The molecule has 0 saturated carbocycles. The van der Waals surface area contributed by atoms with Gasteiger partial charge in [0.15, 0.2) is 6.10 Å². The van der Waals surface area contributed by atoms with E-state index in [1.807, 2.05) is 36.9 Å². The van der Waals surface area contributed by atoms with Crippen molar-refractivity contribution in [2.45, 2.75) is 38.5 Å². The van der Waals surface area contributed by atoms with E-state index >= 15 is 0 Å². The summed E-state index contributed by atoms with van der Waals surface area (Å²) in [5, 5.41) is 18.4. The minimum Gasteiger partial charge on any atom is -0.484 e. The number of carbonyl (C=O) groups excluding carboxylic acids is 1. The van der Waals surface area contributed by atoms with Crippen LogP contribution in [0, 0.1) is 22.8 Å². The third-order valence-electron chi connectivity index (χ3n) is 4.86. The number of benzene rings is 1. The van der Waals surface area contributed by atoms with Crippen molar-refractivity contribution in [3.8, 4) is 18.0 Å². The number of carbonyl (C=O) groups is 1. The number of nitriles is 2. The van der Waals surface area contributed by atoms with Crippen LogP contribution in [0.1, 0.15) is 37.9 Å². The summed E-state index contributed by atoms with van der Waals surface area (Å²) in [7, 11) is 1.86. The number of hydrogen-bond acceptors (Lipinski definition) is 6. The molecule has 0 spiro atoms. The van der Waals surface area contributed by atoms with E-state index in [9.17, 15) is 10.1 Å². The number of hydrogen-bond donors (Lipinski definition) is 0. The second-order valence-corrected chi connectivity index (χ2v) is 7.17. The number of rotatable bonds is 2. The number of guanidine groups is 1. The largest absolute Gasteiger partial charge is 0.484 e. The molecule has 0 N–H and O–H groups in total. The molecular weight excluding hydrogens is 346 g/mol. The van der Waals surface area contributed by atoms with Crippen LogP contribution in [-0.2, 0) is 9.53 Å². The Bertz CT molecular complexity index is 880. The molecule has 1 fully saturated rings. The SMILES string of the molecule is CC(=O)OC1C(N2CCN(C)C2=NC#N)c2cc(C#N)ccc2OC1(C)C. The summed E-state index contributed by atoms with van der Waals surface area (Å²) in [5.41, 5.74) is 0.409. The van der Waals surface area contributed by atoms with Gasteiger partial charge in [-0.15, -0.1) is 4.99 Å². The van der Waals surface area contributed by atoms with Gasteiger partial charge in [-0.2, -0.15) is 10.5 Å². The van der Waals surface area contributed by atoms with Crippen LogP contribution < -0.4 is 4.74 Å². The Kier molecular flexibility index (Phi) is 4.67. The molecule has 8 heteroatoms. The van der Waals surface area contributed by atoms with Crippen molar-refractivity contribution in [3.05, 3.63) is 29.3 Å². The summed E-state index contributed by atoms with van der Waals surface area (Å²) < 4.78 is 11.8. The first-order valence-electron chi connectivity index (χ1n) is 8.63. The Hall–Kier alpha value is -3.26. The fourth-order valence-electron chi connectivity index (χ4n) is 3.68. The summed E-state index contributed by atoms with van der Waals surface area (Å²) in [6, 6.07) is 6.90. The van der Waals surface area contributed by atoms with Crippen molar-refractivity contribution in [3.63, 3.8) is 0 Å². The van der Waals surface area contributed by atoms with Crippen LogP contribution >= 0.6 is 0 Å². The first kappa shape index (κ1) is 18.5. The molecule has 3 rings (SSSR count). The number of fused-ring (bicyclic) bond motifs is 1. The summed E-state index contributed by atoms with van der Waals surface area (Å²) in [6.45, 7) is 6.35. The molecule has 27 heavy (non-hydrogen) atoms. The molecular formula is C19H21N5O3. The van der Waals surface area contributed by atoms with E-state index in [1.165, 1.54) is 6.92 Å². The molecule has 2 heterocycles. The van der Waals surface area contributed by atoms with Crippen molar-refractivity contribution < 1.29 is 14.3 Å². The molecule has 2 unspecified atom stereocenters. The van der Waals surface area contributed by atoms with Gasteiger partial charge in [-0.1, -0.05) is 0 Å². The third-order valence-corrected chi connectivity index (χ3v) is 4.86. The van der Waals surface area contributed by atoms with Crippen LogP contribution in [0.3, 0.4) is 0 Å². The van der Waals surface area contributed by atoms with Crippen molar-refractivity contribution in [1.29, 1.82) is 10.5 Å². The predicted octanol–water partition coefficient (Wildman–Crippen LogP) is 1.79. The van der Waals surface area contributed by atoms with Gasteiger partial charge < -0.3 is 19.3 Å². The van der Waals surface area contributed by atoms with Crippen molar-refractivity contribution >= 4 is 11.9 Å². The smallest absolute Gasteiger partial charge is 0.303 e. The molecule has 8 nitrogen and oxygen atoms in total. The van der Waals surface area contributed by atoms with E-state index in [-0.39, 0.29) is 0 Å². The molecule has 0 aliphatic carbocycles. The second-order valence-electron chi connectivity index (χ2n) is 7.17. The highest BCUT2D eigenvalue weighted by Crippen LogP contribution is 2.45. The van der Waals surface area contributed by atoms with Gasteiger partial charge in [-0.3, -0.25) is 4.79 Å². The average molecular weight is 367 g/mol. The van der Waals surface area contributed by atoms with Crippen LogP contribution in [0.5, 0.6) is 5.75 Å². The standard InChI is InChI=1S/C19H21N5O3/c1-12(25)26-17-16(24-8-7-23(4)18(24)22-11-21)14-9-13(10-20)5-6-15(14)27-19(17,2)3/h5-6,9,16-17H,7-8H2,1-4H3. The molecule has 0 amide bonds. The fourth-order valence-corrected chi connectivity index (χ4v) is 3.68. The highest BCUT2D eigenvalue weighted by atomic mass is 16.6. The summed E-state index contributed by atoms with van der Waals surface area (Å²) in [5.74, 6) is 0.705. The zero-order valence-corrected chi connectivity index (χ0v) is 15.8. The minimum atomic E-state index is -0.809. The highest BCUT2D eigenvalue weighted by Gasteiger charge is 2.50. The molecule has 140 valence electrons. The Morgan fingerprint density at radius 1 is 1.37 bits per heavy atom. The van der Waals surface area contributed by atoms with Gasteiger partial charge in [0.1, 0.15) is 17.4 Å². The Balaban J connectivity index is 2.19.